The monoisotopic (exact) mass is 256 g/mol. The van der Waals surface area contributed by atoms with Crippen LogP contribution < -0.4 is 0 Å². The molecule has 0 radical (unpaired) electrons. The average Bonchev–Trinajstić information content (AvgIpc) is 2.26. The van der Waals surface area contributed by atoms with Gasteiger partial charge in [-0.25, -0.2) is 14.8 Å². The highest BCUT2D eigenvalue weighted by Gasteiger charge is 2.28. The number of ether oxygens (including phenoxy) is 1. The van der Waals surface area contributed by atoms with Crippen molar-refractivity contribution in [3.8, 4) is 0 Å². The summed E-state index contributed by atoms with van der Waals surface area (Å²) < 4.78 is 5.37. The first-order valence-corrected chi connectivity index (χ1v) is 6.92. The van der Waals surface area contributed by atoms with Gasteiger partial charge in [0.15, 0.2) is 0 Å². The predicted molar refractivity (Wildman–Crippen MR) is 73.1 cm³/mol. The average molecular weight is 256 g/mol. The van der Waals surface area contributed by atoms with E-state index >= 15 is 0 Å². The van der Waals surface area contributed by atoms with E-state index in [0.717, 1.165) is 37.8 Å². The summed E-state index contributed by atoms with van der Waals surface area (Å²) in [5.41, 5.74) is -0.429. The van der Waals surface area contributed by atoms with Gasteiger partial charge in [0.2, 0.25) is 0 Å². The zero-order chi connectivity index (χ0) is 13.9. The van der Waals surface area contributed by atoms with Crippen molar-refractivity contribution in [2.75, 3.05) is 20.1 Å². The number of rotatable bonds is 2. The number of hydrogen-bond donors (Lipinski definition) is 0. The molecule has 0 unspecified atom stereocenters. The lowest BCUT2D eigenvalue weighted by molar-refractivity contribution is -0.0534. The van der Waals surface area contributed by atoms with Crippen LogP contribution in [-0.4, -0.2) is 41.8 Å². The normalized spacial score (nSPS) is 19.1. The summed E-state index contributed by atoms with van der Waals surface area (Å²) in [5, 5.41) is 3.72. The van der Waals surface area contributed by atoms with E-state index in [2.05, 4.69) is 18.9 Å². The molecule has 4 heteroatoms. The molecular weight excluding hydrogens is 228 g/mol. The molecule has 1 fully saturated rings. The summed E-state index contributed by atoms with van der Waals surface area (Å²) in [6.45, 7) is 12.1. The quantitative estimate of drug-likeness (QED) is 0.761. The summed E-state index contributed by atoms with van der Waals surface area (Å²) in [6.07, 6.45) is 2.06. The van der Waals surface area contributed by atoms with Crippen LogP contribution in [0.25, 0.3) is 0 Å². The van der Waals surface area contributed by atoms with Crippen LogP contribution in [0.1, 0.15) is 47.5 Å². The second-order valence-corrected chi connectivity index (χ2v) is 6.54. The van der Waals surface area contributed by atoms with E-state index in [-0.39, 0.29) is 6.09 Å². The number of piperidine rings is 1. The molecule has 4 nitrogen and oxygen atoms in total. The van der Waals surface area contributed by atoms with Gasteiger partial charge < -0.3 is 4.74 Å². The van der Waals surface area contributed by atoms with Crippen molar-refractivity contribution in [1.82, 2.24) is 10.0 Å². The topological polar surface area (TPSA) is 32.8 Å². The van der Waals surface area contributed by atoms with Crippen molar-refractivity contribution >= 4 is 6.09 Å². The smallest absolute Gasteiger partial charge is 0.424 e. The van der Waals surface area contributed by atoms with Gasteiger partial charge in [0.25, 0.3) is 0 Å². The van der Waals surface area contributed by atoms with Gasteiger partial charge in [0.05, 0.1) is 0 Å². The number of hydrazine groups is 1. The molecule has 0 atom stereocenters. The van der Waals surface area contributed by atoms with Gasteiger partial charge in [-0.1, -0.05) is 13.8 Å². The second-order valence-electron chi connectivity index (χ2n) is 6.54. The molecule has 1 saturated heterocycles. The lowest BCUT2D eigenvalue weighted by Gasteiger charge is -2.39. The highest BCUT2D eigenvalue weighted by molar-refractivity contribution is 5.67. The SMILES string of the molecule is CC(C)C1CCN(N(C)C(=O)OC(C)(C)C)CC1. The van der Waals surface area contributed by atoms with E-state index in [1.807, 2.05) is 20.8 Å². The highest BCUT2D eigenvalue weighted by atomic mass is 16.6. The van der Waals surface area contributed by atoms with Gasteiger partial charge in [-0.3, -0.25) is 0 Å². The van der Waals surface area contributed by atoms with Crippen LogP contribution in [-0.2, 0) is 4.74 Å². The minimum absolute atomic E-state index is 0.259. The number of nitrogens with zero attached hydrogens (tertiary/aromatic N) is 2. The van der Waals surface area contributed by atoms with Gasteiger partial charge in [0.1, 0.15) is 5.60 Å². The van der Waals surface area contributed by atoms with Crippen LogP contribution in [0.15, 0.2) is 0 Å². The summed E-state index contributed by atoms with van der Waals surface area (Å²) in [5.74, 6) is 1.52. The standard InChI is InChI=1S/C14H28N2O2/c1-11(2)12-7-9-16(10-8-12)15(6)13(17)18-14(3,4)5/h11-12H,7-10H2,1-6H3. The third-order valence-corrected chi connectivity index (χ3v) is 3.54. The van der Waals surface area contributed by atoms with E-state index in [4.69, 9.17) is 4.74 Å². The first-order chi connectivity index (χ1) is 8.20. The maximum atomic E-state index is 11.9. The lowest BCUT2D eigenvalue weighted by Crippen LogP contribution is -2.49. The first kappa shape index (κ1) is 15.3. The van der Waals surface area contributed by atoms with Crippen molar-refractivity contribution < 1.29 is 9.53 Å². The van der Waals surface area contributed by atoms with E-state index in [1.54, 1.807) is 12.1 Å². The van der Waals surface area contributed by atoms with Crippen molar-refractivity contribution in [3.05, 3.63) is 0 Å². The van der Waals surface area contributed by atoms with Crippen LogP contribution in [0.2, 0.25) is 0 Å². The maximum Gasteiger partial charge on any atom is 0.424 e. The Kier molecular flexibility index (Phi) is 5.02. The summed E-state index contributed by atoms with van der Waals surface area (Å²) >= 11 is 0. The first-order valence-electron chi connectivity index (χ1n) is 6.92. The zero-order valence-corrected chi connectivity index (χ0v) is 12.7. The van der Waals surface area contributed by atoms with Crippen molar-refractivity contribution in [3.63, 3.8) is 0 Å². The molecule has 0 aromatic rings. The zero-order valence-electron chi connectivity index (χ0n) is 12.7. The molecule has 106 valence electrons. The predicted octanol–water partition coefficient (Wildman–Crippen LogP) is 3.14. The van der Waals surface area contributed by atoms with Crippen LogP contribution in [0.4, 0.5) is 4.79 Å². The van der Waals surface area contributed by atoms with Gasteiger partial charge >= 0.3 is 6.09 Å². The minimum Gasteiger partial charge on any atom is -0.443 e. The molecule has 1 aliphatic heterocycles. The molecule has 18 heavy (non-hydrogen) atoms. The number of amides is 1. The molecule has 0 N–H and O–H groups in total. The molecule has 0 aromatic carbocycles. The van der Waals surface area contributed by atoms with E-state index in [0.29, 0.717) is 0 Å². The Morgan fingerprint density at radius 3 is 2.17 bits per heavy atom. The van der Waals surface area contributed by atoms with Crippen LogP contribution in [0, 0.1) is 11.8 Å². The Morgan fingerprint density at radius 1 is 1.28 bits per heavy atom. The Labute approximate surface area is 111 Å². The van der Waals surface area contributed by atoms with Crippen LogP contribution in [0.5, 0.6) is 0 Å². The Bertz CT molecular complexity index is 276. The molecule has 1 aliphatic rings. The van der Waals surface area contributed by atoms with Crippen LogP contribution in [0.3, 0.4) is 0 Å². The molecule has 0 spiro atoms. The van der Waals surface area contributed by atoms with Crippen molar-refractivity contribution in [2.45, 2.75) is 53.1 Å². The molecule has 0 aliphatic carbocycles. The fraction of sp³-hybridized carbons (Fsp3) is 0.929. The number of hydrogen-bond acceptors (Lipinski definition) is 3. The van der Waals surface area contributed by atoms with Gasteiger partial charge in [0, 0.05) is 20.1 Å². The lowest BCUT2D eigenvalue weighted by atomic mass is 9.87. The third-order valence-electron chi connectivity index (χ3n) is 3.54. The van der Waals surface area contributed by atoms with Gasteiger partial charge in [-0.05, 0) is 45.4 Å². The van der Waals surface area contributed by atoms with Gasteiger partial charge in [-0.2, -0.15) is 0 Å². The molecule has 1 rings (SSSR count). The fourth-order valence-electron chi connectivity index (χ4n) is 2.30. The summed E-state index contributed by atoms with van der Waals surface area (Å²) in [7, 11) is 1.80. The highest BCUT2D eigenvalue weighted by Crippen LogP contribution is 2.25. The summed E-state index contributed by atoms with van der Waals surface area (Å²) in [6, 6.07) is 0. The van der Waals surface area contributed by atoms with E-state index < -0.39 is 5.60 Å². The third kappa shape index (κ3) is 4.48. The number of carbonyl (C=O) groups is 1. The Hall–Kier alpha value is -0.770. The molecule has 0 aromatic heterocycles. The van der Waals surface area contributed by atoms with E-state index in [1.165, 1.54) is 0 Å². The largest absolute Gasteiger partial charge is 0.443 e. The van der Waals surface area contributed by atoms with Crippen molar-refractivity contribution in [2.24, 2.45) is 11.8 Å². The molecule has 1 heterocycles. The van der Waals surface area contributed by atoms with E-state index in [9.17, 15) is 4.79 Å². The van der Waals surface area contributed by atoms with Crippen LogP contribution >= 0.6 is 0 Å². The molecular formula is C14H28N2O2. The number of carbonyl (C=O) groups excluding carboxylic acids is 1. The fourth-order valence-corrected chi connectivity index (χ4v) is 2.30. The Balaban J connectivity index is 2.45. The molecule has 0 saturated carbocycles. The molecule has 1 amide bonds. The molecule has 0 bridgehead atoms. The second kappa shape index (κ2) is 5.91. The maximum absolute atomic E-state index is 11.9. The van der Waals surface area contributed by atoms with Crippen molar-refractivity contribution in [1.29, 1.82) is 0 Å². The summed E-state index contributed by atoms with van der Waals surface area (Å²) in [4.78, 5) is 11.9. The Morgan fingerprint density at radius 2 is 1.78 bits per heavy atom. The van der Waals surface area contributed by atoms with Gasteiger partial charge in [-0.15, -0.1) is 0 Å². The minimum atomic E-state index is -0.429.